The van der Waals surface area contributed by atoms with Gasteiger partial charge in [-0.3, -0.25) is 0 Å². The molecule has 9 nitrogen and oxygen atoms in total. The van der Waals surface area contributed by atoms with Crippen LogP contribution in [0, 0.1) is 0 Å². The molecule has 0 aliphatic heterocycles. The van der Waals surface area contributed by atoms with Crippen molar-refractivity contribution in [1.29, 1.82) is 0 Å². The molecule has 170 valence electrons. The number of aromatic nitrogens is 3. The highest BCUT2D eigenvalue weighted by atomic mass is 16.5. The molecule has 0 saturated heterocycles. The van der Waals surface area contributed by atoms with E-state index in [-0.39, 0.29) is 0 Å². The molecule has 1 N–H and O–H groups in total. The molecule has 0 spiro atoms. The van der Waals surface area contributed by atoms with Crippen LogP contribution >= 0.6 is 0 Å². The minimum absolute atomic E-state index is 0.448. The fraction of sp³-hybridized carbons (Fsp3) is 0.348. The number of rotatable bonds is 10. The first-order chi connectivity index (χ1) is 15.4. The van der Waals surface area contributed by atoms with Crippen molar-refractivity contribution < 1.29 is 14.2 Å². The van der Waals surface area contributed by atoms with Crippen LogP contribution < -0.4 is 24.4 Å². The number of methoxy groups -OCH3 is 3. The number of nitrogens with zero attached hydrogens (tertiary/aromatic N) is 5. The normalized spacial score (nSPS) is 10.7. The average Bonchev–Trinajstić information content (AvgIpc) is 2.82. The summed E-state index contributed by atoms with van der Waals surface area (Å²) in [6, 6.07) is 9.47. The second-order valence-corrected chi connectivity index (χ2v) is 7.43. The first kappa shape index (κ1) is 23.1. The quantitative estimate of drug-likeness (QED) is 0.512. The number of nitrogens with one attached hydrogen (secondary N) is 1. The molecule has 3 rings (SSSR count). The zero-order valence-corrected chi connectivity index (χ0v) is 19.4. The van der Waals surface area contributed by atoms with Gasteiger partial charge in [0.05, 0.1) is 27.0 Å². The Labute approximate surface area is 189 Å². The summed E-state index contributed by atoms with van der Waals surface area (Å²) >= 11 is 0. The third-order valence-electron chi connectivity index (χ3n) is 4.89. The van der Waals surface area contributed by atoms with Gasteiger partial charge >= 0.3 is 0 Å². The van der Waals surface area contributed by atoms with Crippen molar-refractivity contribution in [2.24, 2.45) is 0 Å². The molecular weight excluding hydrogens is 408 g/mol. The van der Waals surface area contributed by atoms with E-state index in [0.29, 0.717) is 28.9 Å². The maximum absolute atomic E-state index is 5.41. The molecule has 0 bridgehead atoms. The van der Waals surface area contributed by atoms with E-state index in [0.717, 1.165) is 30.2 Å². The number of benzene rings is 1. The minimum Gasteiger partial charge on any atom is -0.493 e. The van der Waals surface area contributed by atoms with Crippen LogP contribution in [0.3, 0.4) is 0 Å². The van der Waals surface area contributed by atoms with E-state index in [1.807, 2.05) is 31.4 Å². The summed E-state index contributed by atoms with van der Waals surface area (Å²) in [5, 5.41) is 3.20. The van der Waals surface area contributed by atoms with Crippen molar-refractivity contribution in [3.05, 3.63) is 42.7 Å². The van der Waals surface area contributed by atoms with E-state index >= 15 is 0 Å². The van der Waals surface area contributed by atoms with Crippen molar-refractivity contribution in [3.63, 3.8) is 0 Å². The van der Waals surface area contributed by atoms with Crippen molar-refractivity contribution in [1.82, 2.24) is 19.9 Å². The zero-order chi connectivity index (χ0) is 23.1. The van der Waals surface area contributed by atoms with E-state index in [9.17, 15) is 0 Å². The monoisotopic (exact) mass is 438 g/mol. The third kappa shape index (κ3) is 5.55. The van der Waals surface area contributed by atoms with Crippen molar-refractivity contribution in [2.75, 3.05) is 65.8 Å². The first-order valence-electron chi connectivity index (χ1n) is 10.2. The van der Waals surface area contributed by atoms with Crippen LogP contribution in [0.1, 0.15) is 0 Å². The predicted octanol–water partition coefficient (Wildman–Crippen LogP) is 3.31. The molecular formula is C23H30N6O3. The standard InChI is InChI=1S/C23H30N6O3/c1-28(2)11-12-29(3)21-8-7-16(15-25-21)18-9-10-24-23(27-18)26-17-13-19(30-4)22(32-6)20(14-17)31-5/h7-10,13-15H,11-12H2,1-6H3,(H,24,26,27). The second-order valence-electron chi connectivity index (χ2n) is 7.43. The Hall–Kier alpha value is -3.59. The van der Waals surface area contributed by atoms with Crippen molar-refractivity contribution in [2.45, 2.75) is 0 Å². The highest BCUT2D eigenvalue weighted by molar-refractivity contribution is 5.67. The fourth-order valence-corrected chi connectivity index (χ4v) is 3.09. The molecule has 0 aliphatic rings. The summed E-state index contributed by atoms with van der Waals surface area (Å²) in [5.41, 5.74) is 2.39. The Bertz CT molecular complexity index is 1000. The molecule has 0 amide bonds. The topological polar surface area (TPSA) is 84.9 Å². The molecule has 3 aromatic rings. The van der Waals surface area contributed by atoms with Crippen LogP contribution in [0.15, 0.2) is 42.7 Å². The highest BCUT2D eigenvalue weighted by Gasteiger charge is 2.14. The third-order valence-corrected chi connectivity index (χ3v) is 4.89. The van der Waals surface area contributed by atoms with E-state index in [4.69, 9.17) is 14.2 Å². The number of likely N-dealkylation sites (N-methyl/N-ethyl adjacent to an activating group) is 2. The van der Waals surface area contributed by atoms with Crippen molar-refractivity contribution in [3.8, 4) is 28.5 Å². The molecule has 0 radical (unpaired) electrons. The van der Waals surface area contributed by atoms with E-state index in [1.54, 1.807) is 39.7 Å². The van der Waals surface area contributed by atoms with Gasteiger partial charge in [-0.2, -0.15) is 0 Å². The van der Waals surface area contributed by atoms with Gasteiger partial charge in [-0.1, -0.05) is 0 Å². The SMILES string of the molecule is COc1cc(Nc2nccc(-c3ccc(N(C)CCN(C)C)nc3)n2)cc(OC)c1OC. The van der Waals surface area contributed by atoms with Gasteiger partial charge in [-0.05, 0) is 32.3 Å². The molecule has 0 aliphatic carbocycles. The zero-order valence-electron chi connectivity index (χ0n) is 19.4. The van der Waals surface area contributed by atoms with Crippen LogP contribution in [0.4, 0.5) is 17.5 Å². The smallest absolute Gasteiger partial charge is 0.227 e. The average molecular weight is 439 g/mol. The van der Waals surface area contributed by atoms with E-state index in [2.05, 4.69) is 44.2 Å². The largest absolute Gasteiger partial charge is 0.493 e. The Morgan fingerprint density at radius 2 is 1.59 bits per heavy atom. The number of anilines is 3. The number of pyridine rings is 1. The van der Waals surface area contributed by atoms with Gasteiger partial charge in [0, 0.05) is 55.9 Å². The van der Waals surface area contributed by atoms with Gasteiger partial charge in [0.2, 0.25) is 11.7 Å². The lowest BCUT2D eigenvalue weighted by Crippen LogP contribution is -2.28. The molecule has 0 atom stereocenters. The maximum Gasteiger partial charge on any atom is 0.227 e. The molecule has 0 unspecified atom stereocenters. The molecule has 2 heterocycles. The number of hydrogen-bond donors (Lipinski definition) is 1. The van der Waals surface area contributed by atoms with Crippen LogP contribution in [-0.4, -0.2) is 75.4 Å². The highest BCUT2D eigenvalue weighted by Crippen LogP contribution is 2.40. The molecule has 0 fully saturated rings. The molecule has 1 aromatic carbocycles. The lowest BCUT2D eigenvalue weighted by atomic mass is 10.2. The lowest BCUT2D eigenvalue weighted by molar-refractivity contribution is 0.324. The summed E-state index contributed by atoms with van der Waals surface area (Å²) < 4.78 is 16.2. The molecule has 9 heteroatoms. The number of hydrogen-bond acceptors (Lipinski definition) is 9. The Morgan fingerprint density at radius 1 is 0.875 bits per heavy atom. The van der Waals surface area contributed by atoms with Gasteiger partial charge in [-0.15, -0.1) is 0 Å². The van der Waals surface area contributed by atoms with Crippen molar-refractivity contribution >= 4 is 17.5 Å². The van der Waals surface area contributed by atoms with Gasteiger partial charge in [0.25, 0.3) is 0 Å². The van der Waals surface area contributed by atoms with E-state index < -0.39 is 0 Å². The van der Waals surface area contributed by atoms with Crippen LogP contribution in [0.25, 0.3) is 11.3 Å². The molecule has 2 aromatic heterocycles. The van der Waals surface area contributed by atoms with Gasteiger partial charge in [0.15, 0.2) is 11.5 Å². The molecule has 0 saturated carbocycles. The summed E-state index contributed by atoms with van der Waals surface area (Å²) in [6.45, 7) is 1.86. The summed E-state index contributed by atoms with van der Waals surface area (Å²) in [5.74, 6) is 2.98. The Balaban J connectivity index is 1.79. The summed E-state index contributed by atoms with van der Waals surface area (Å²) in [4.78, 5) is 17.8. The predicted molar refractivity (Wildman–Crippen MR) is 126 cm³/mol. The lowest BCUT2D eigenvalue weighted by Gasteiger charge is -2.20. The molecule has 32 heavy (non-hydrogen) atoms. The summed E-state index contributed by atoms with van der Waals surface area (Å²) in [6.07, 6.45) is 3.53. The summed E-state index contributed by atoms with van der Waals surface area (Å²) in [7, 11) is 10.9. The number of ether oxygens (including phenoxy) is 3. The fourth-order valence-electron chi connectivity index (χ4n) is 3.09. The Morgan fingerprint density at radius 3 is 2.16 bits per heavy atom. The maximum atomic E-state index is 5.41. The second kappa shape index (κ2) is 10.6. The van der Waals surface area contributed by atoms with Crippen LogP contribution in [0.2, 0.25) is 0 Å². The Kier molecular flexibility index (Phi) is 7.67. The van der Waals surface area contributed by atoms with Crippen LogP contribution in [-0.2, 0) is 0 Å². The van der Waals surface area contributed by atoms with Gasteiger partial charge < -0.3 is 29.3 Å². The van der Waals surface area contributed by atoms with Gasteiger partial charge in [-0.25, -0.2) is 15.0 Å². The first-order valence-corrected chi connectivity index (χ1v) is 10.2. The van der Waals surface area contributed by atoms with Crippen LogP contribution in [0.5, 0.6) is 17.2 Å². The minimum atomic E-state index is 0.448. The van der Waals surface area contributed by atoms with E-state index in [1.165, 1.54) is 0 Å². The van der Waals surface area contributed by atoms with Gasteiger partial charge in [0.1, 0.15) is 5.82 Å².